The van der Waals surface area contributed by atoms with E-state index < -0.39 is 58.2 Å². The average Bonchev–Trinajstić information content (AvgIpc) is 3.07. The van der Waals surface area contributed by atoms with Crippen LogP contribution in [0.25, 0.3) is 0 Å². The van der Waals surface area contributed by atoms with E-state index in [0.29, 0.717) is 5.69 Å². The van der Waals surface area contributed by atoms with Gasteiger partial charge < -0.3 is 29.0 Å². The van der Waals surface area contributed by atoms with E-state index in [9.17, 15) is 13.2 Å². The van der Waals surface area contributed by atoms with Crippen molar-refractivity contribution in [2.45, 2.75) is 74.9 Å². The monoisotopic (exact) mass is 428 g/mol. The molecule has 1 aromatic carbocycles. The Morgan fingerprint density at radius 1 is 0.931 bits per heavy atom. The summed E-state index contributed by atoms with van der Waals surface area (Å²) in [6.07, 6.45) is -3.59. The third-order valence-electron chi connectivity index (χ3n) is 4.86. The largest absolute Gasteiger partial charge is 0.342 e. The van der Waals surface area contributed by atoms with Crippen LogP contribution in [0.2, 0.25) is 0 Å². The van der Waals surface area contributed by atoms with E-state index in [2.05, 4.69) is 5.32 Å². The van der Waals surface area contributed by atoms with Crippen LogP contribution in [0.1, 0.15) is 27.7 Å². The standard InChI is InChI=1S/C18H24N2O8S/c1-17(2)25-11-12(26-17)14-16(28-18(3,4)27-14)24-13(11)15(21)20-9-5-7-10(8-6-9)29(19,22)23/h5-8,11-14,16H,1-4H3,(H,20,21)(H2,19,22,23)/t11-,12-,13+,14-,16+/m1/s1. The van der Waals surface area contributed by atoms with Crippen LogP contribution >= 0.6 is 0 Å². The second kappa shape index (κ2) is 6.71. The van der Waals surface area contributed by atoms with Gasteiger partial charge in [-0.05, 0) is 52.0 Å². The topological polar surface area (TPSA) is 135 Å². The molecule has 0 saturated carbocycles. The van der Waals surface area contributed by atoms with Gasteiger partial charge in [-0.2, -0.15) is 0 Å². The molecule has 11 heteroatoms. The molecule has 0 aromatic heterocycles. The Balaban J connectivity index is 1.54. The predicted molar refractivity (Wildman–Crippen MR) is 99.0 cm³/mol. The lowest BCUT2D eigenvalue weighted by Crippen LogP contribution is -2.58. The molecule has 0 radical (unpaired) electrons. The van der Waals surface area contributed by atoms with Crippen LogP contribution in [-0.2, 0) is 38.5 Å². The summed E-state index contributed by atoms with van der Waals surface area (Å²) in [4.78, 5) is 12.9. The molecule has 5 atom stereocenters. The van der Waals surface area contributed by atoms with Gasteiger partial charge >= 0.3 is 0 Å². The molecule has 10 nitrogen and oxygen atoms in total. The van der Waals surface area contributed by atoms with Crippen LogP contribution in [0.15, 0.2) is 29.2 Å². The molecule has 3 saturated heterocycles. The molecular formula is C18H24N2O8S. The van der Waals surface area contributed by atoms with Crippen molar-refractivity contribution in [2.75, 3.05) is 5.32 Å². The molecule has 4 rings (SSSR count). The van der Waals surface area contributed by atoms with Gasteiger partial charge in [0.1, 0.15) is 18.3 Å². The highest BCUT2D eigenvalue weighted by molar-refractivity contribution is 7.89. The minimum atomic E-state index is -3.82. The summed E-state index contributed by atoms with van der Waals surface area (Å²) in [6.45, 7) is 7.02. The van der Waals surface area contributed by atoms with E-state index >= 15 is 0 Å². The van der Waals surface area contributed by atoms with Crippen LogP contribution in [0.4, 0.5) is 5.69 Å². The first kappa shape index (κ1) is 20.7. The summed E-state index contributed by atoms with van der Waals surface area (Å²) in [5.74, 6) is -2.28. The molecule has 3 fully saturated rings. The zero-order valence-electron chi connectivity index (χ0n) is 16.4. The van der Waals surface area contributed by atoms with Crippen molar-refractivity contribution in [3.8, 4) is 0 Å². The van der Waals surface area contributed by atoms with E-state index in [1.165, 1.54) is 24.3 Å². The van der Waals surface area contributed by atoms with Gasteiger partial charge in [-0.25, -0.2) is 13.6 Å². The molecule has 0 aliphatic carbocycles. The predicted octanol–water partition coefficient (Wildman–Crippen LogP) is 0.669. The van der Waals surface area contributed by atoms with Crippen molar-refractivity contribution in [3.05, 3.63) is 24.3 Å². The van der Waals surface area contributed by atoms with E-state index in [0.717, 1.165) is 0 Å². The van der Waals surface area contributed by atoms with Crippen LogP contribution in [0, 0.1) is 0 Å². The number of fused-ring (bicyclic) bond motifs is 3. The lowest BCUT2D eigenvalue weighted by Gasteiger charge is -2.36. The second-order valence-corrected chi connectivity index (χ2v) is 9.71. The number of sulfonamides is 1. The van der Waals surface area contributed by atoms with Crippen LogP contribution < -0.4 is 10.5 Å². The lowest BCUT2D eigenvalue weighted by molar-refractivity contribution is -0.229. The Kier molecular flexibility index (Phi) is 4.78. The minimum Gasteiger partial charge on any atom is -0.342 e. The Labute approximate surface area is 168 Å². The van der Waals surface area contributed by atoms with Crippen molar-refractivity contribution in [2.24, 2.45) is 5.14 Å². The molecule has 1 aromatic rings. The number of carbonyl (C=O) groups is 1. The molecule has 1 amide bonds. The normalized spacial score (nSPS) is 35.0. The number of amides is 1. The van der Waals surface area contributed by atoms with Gasteiger partial charge in [0.2, 0.25) is 10.0 Å². The quantitative estimate of drug-likeness (QED) is 0.717. The van der Waals surface area contributed by atoms with E-state index in [-0.39, 0.29) is 4.90 Å². The maximum absolute atomic E-state index is 12.9. The Hall–Kier alpha value is -1.60. The maximum atomic E-state index is 12.9. The number of rotatable bonds is 3. The van der Waals surface area contributed by atoms with E-state index in [1.807, 2.05) is 0 Å². The molecule has 160 valence electrons. The van der Waals surface area contributed by atoms with Gasteiger partial charge in [0.15, 0.2) is 24.0 Å². The van der Waals surface area contributed by atoms with Crippen molar-refractivity contribution in [1.29, 1.82) is 0 Å². The molecule has 29 heavy (non-hydrogen) atoms. The number of benzene rings is 1. The molecule has 3 N–H and O–H groups in total. The van der Waals surface area contributed by atoms with Gasteiger partial charge in [0, 0.05) is 5.69 Å². The molecule has 0 unspecified atom stereocenters. The molecular weight excluding hydrogens is 404 g/mol. The van der Waals surface area contributed by atoms with Crippen LogP contribution in [0.3, 0.4) is 0 Å². The second-order valence-electron chi connectivity index (χ2n) is 8.15. The lowest BCUT2D eigenvalue weighted by atomic mass is 9.98. The maximum Gasteiger partial charge on any atom is 0.256 e. The Morgan fingerprint density at radius 3 is 2.10 bits per heavy atom. The number of nitrogens with one attached hydrogen (secondary N) is 1. The molecule has 3 aliphatic rings. The van der Waals surface area contributed by atoms with Crippen LogP contribution in [-0.4, -0.2) is 56.6 Å². The first-order valence-corrected chi connectivity index (χ1v) is 10.7. The van der Waals surface area contributed by atoms with Crippen molar-refractivity contribution >= 4 is 21.6 Å². The zero-order valence-corrected chi connectivity index (χ0v) is 17.3. The minimum absolute atomic E-state index is 0.0552. The van der Waals surface area contributed by atoms with E-state index in [4.69, 9.17) is 28.8 Å². The van der Waals surface area contributed by atoms with Crippen molar-refractivity contribution < 1.29 is 36.9 Å². The number of hydrogen-bond donors (Lipinski definition) is 2. The number of primary sulfonamides is 1. The van der Waals surface area contributed by atoms with E-state index in [1.54, 1.807) is 27.7 Å². The fraction of sp³-hybridized carbons (Fsp3) is 0.611. The molecule has 0 spiro atoms. The highest BCUT2D eigenvalue weighted by Gasteiger charge is 2.62. The number of hydrogen-bond acceptors (Lipinski definition) is 8. The Bertz CT molecular complexity index is 914. The van der Waals surface area contributed by atoms with Gasteiger partial charge in [-0.1, -0.05) is 0 Å². The average molecular weight is 428 g/mol. The first-order valence-electron chi connectivity index (χ1n) is 9.15. The summed E-state index contributed by atoms with van der Waals surface area (Å²) in [5, 5.41) is 7.79. The van der Waals surface area contributed by atoms with Crippen molar-refractivity contribution in [3.63, 3.8) is 0 Å². The SMILES string of the molecule is CC1(C)O[C@@H]2[C@@H](O1)[C@@H](C(=O)Nc1ccc(S(N)(=O)=O)cc1)O[C@H]1OC(C)(C)O[C@@H]12. The summed E-state index contributed by atoms with van der Waals surface area (Å²) in [6, 6.07) is 5.49. The Morgan fingerprint density at radius 2 is 1.48 bits per heavy atom. The fourth-order valence-electron chi connectivity index (χ4n) is 3.76. The smallest absolute Gasteiger partial charge is 0.256 e. The highest BCUT2D eigenvalue weighted by Crippen LogP contribution is 2.44. The zero-order chi connectivity index (χ0) is 21.2. The third kappa shape index (κ3) is 4.04. The molecule has 3 aliphatic heterocycles. The summed E-state index contributed by atoms with van der Waals surface area (Å²) in [5.41, 5.74) is 0.381. The third-order valence-corrected chi connectivity index (χ3v) is 5.79. The highest BCUT2D eigenvalue weighted by atomic mass is 32.2. The van der Waals surface area contributed by atoms with Gasteiger partial charge in [0.25, 0.3) is 5.91 Å². The van der Waals surface area contributed by atoms with Crippen LogP contribution in [0.5, 0.6) is 0 Å². The summed E-state index contributed by atoms with van der Waals surface area (Å²) < 4.78 is 52.2. The number of anilines is 1. The van der Waals surface area contributed by atoms with Gasteiger partial charge in [-0.15, -0.1) is 0 Å². The van der Waals surface area contributed by atoms with Gasteiger partial charge in [0.05, 0.1) is 4.90 Å². The number of nitrogens with two attached hydrogens (primary N) is 1. The first-order chi connectivity index (χ1) is 13.3. The fourth-order valence-corrected chi connectivity index (χ4v) is 4.28. The number of carbonyl (C=O) groups excluding carboxylic acids is 1. The molecule has 0 bridgehead atoms. The molecule has 3 heterocycles. The van der Waals surface area contributed by atoms with Crippen molar-refractivity contribution in [1.82, 2.24) is 0 Å². The van der Waals surface area contributed by atoms with Gasteiger partial charge in [-0.3, -0.25) is 4.79 Å². The number of ether oxygens (including phenoxy) is 5. The summed E-state index contributed by atoms with van der Waals surface area (Å²) in [7, 11) is -3.82. The summed E-state index contributed by atoms with van der Waals surface area (Å²) >= 11 is 0.